The first-order chi connectivity index (χ1) is 11.6. The quantitative estimate of drug-likeness (QED) is 0.757. The zero-order valence-electron chi connectivity index (χ0n) is 13.3. The molecule has 0 spiro atoms. The number of anilines is 1. The number of likely N-dealkylation sites (N-methyl/N-ethyl adjacent to an activating group) is 1. The van der Waals surface area contributed by atoms with Gasteiger partial charge in [-0.3, -0.25) is 14.4 Å². The zero-order valence-corrected chi connectivity index (χ0v) is 13.3. The molecule has 0 aliphatic heterocycles. The highest BCUT2D eigenvalue weighted by molar-refractivity contribution is 6.09. The summed E-state index contributed by atoms with van der Waals surface area (Å²) in [6, 6.07) is 15.4. The minimum Gasteiger partial charge on any atom is -0.355 e. The molecule has 0 unspecified atom stereocenters. The monoisotopic (exact) mass is 325 g/mol. The number of hydrogen-bond acceptors (Lipinski definition) is 3. The Bertz CT molecular complexity index is 729. The lowest BCUT2D eigenvalue weighted by molar-refractivity contribution is -0.120. The first-order valence-electron chi connectivity index (χ1n) is 7.62. The van der Waals surface area contributed by atoms with E-state index in [1.54, 1.807) is 55.5 Å². The fraction of sp³-hybridized carbons (Fsp3) is 0.167. The molecule has 0 bridgehead atoms. The molecule has 0 aliphatic carbocycles. The van der Waals surface area contributed by atoms with Gasteiger partial charge in [0.15, 0.2) is 0 Å². The van der Waals surface area contributed by atoms with Gasteiger partial charge in [0.2, 0.25) is 5.91 Å². The SMILES string of the molecule is CCNC(=O)CNC(=O)c1ccccc1NC(=O)c1ccccc1. The van der Waals surface area contributed by atoms with Gasteiger partial charge in [-0.1, -0.05) is 30.3 Å². The van der Waals surface area contributed by atoms with Gasteiger partial charge in [-0.25, -0.2) is 0 Å². The molecule has 0 atom stereocenters. The molecule has 6 nitrogen and oxygen atoms in total. The molecule has 0 aliphatic rings. The minimum atomic E-state index is -0.426. The summed E-state index contributed by atoms with van der Waals surface area (Å²) in [5.41, 5.74) is 1.18. The summed E-state index contributed by atoms with van der Waals surface area (Å²) in [6.07, 6.45) is 0. The molecule has 0 heterocycles. The third-order valence-electron chi connectivity index (χ3n) is 3.24. The van der Waals surface area contributed by atoms with Crippen LogP contribution in [0.3, 0.4) is 0 Å². The summed E-state index contributed by atoms with van der Waals surface area (Å²) in [4.78, 5) is 35.9. The van der Waals surface area contributed by atoms with Crippen molar-refractivity contribution in [1.82, 2.24) is 10.6 Å². The van der Waals surface area contributed by atoms with Gasteiger partial charge in [0, 0.05) is 12.1 Å². The average molecular weight is 325 g/mol. The van der Waals surface area contributed by atoms with Crippen LogP contribution in [0.25, 0.3) is 0 Å². The highest BCUT2D eigenvalue weighted by Crippen LogP contribution is 2.16. The molecule has 6 heteroatoms. The Labute approximate surface area is 140 Å². The summed E-state index contributed by atoms with van der Waals surface area (Å²) in [5.74, 6) is -0.999. The lowest BCUT2D eigenvalue weighted by Gasteiger charge is -2.11. The first-order valence-corrected chi connectivity index (χ1v) is 7.62. The smallest absolute Gasteiger partial charge is 0.255 e. The van der Waals surface area contributed by atoms with Crippen LogP contribution in [0, 0.1) is 0 Å². The fourth-order valence-corrected chi connectivity index (χ4v) is 2.09. The Kier molecular flexibility index (Phi) is 6.08. The number of carbonyl (C=O) groups excluding carboxylic acids is 3. The molecular weight excluding hydrogens is 306 g/mol. The highest BCUT2D eigenvalue weighted by atomic mass is 16.2. The second-order valence-electron chi connectivity index (χ2n) is 5.00. The maximum absolute atomic E-state index is 12.2. The van der Waals surface area contributed by atoms with E-state index in [0.717, 1.165) is 0 Å². The molecule has 3 N–H and O–H groups in total. The van der Waals surface area contributed by atoms with Crippen LogP contribution in [0.2, 0.25) is 0 Å². The molecule has 0 radical (unpaired) electrons. The lowest BCUT2D eigenvalue weighted by atomic mass is 10.1. The van der Waals surface area contributed by atoms with Crippen molar-refractivity contribution in [3.05, 3.63) is 65.7 Å². The molecule has 0 saturated heterocycles. The number of benzene rings is 2. The molecule has 124 valence electrons. The molecule has 0 saturated carbocycles. The topological polar surface area (TPSA) is 87.3 Å². The molecule has 2 rings (SSSR count). The van der Waals surface area contributed by atoms with Gasteiger partial charge >= 0.3 is 0 Å². The first kappa shape index (κ1) is 17.2. The third-order valence-corrected chi connectivity index (χ3v) is 3.24. The number of rotatable bonds is 6. The van der Waals surface area contributed by atoms with Crippen molar-refractivity contribution in [3.8, 4) is 0 Å². The van der Waals surface area contributed by atoms with Gasteiger partial charge in [0.25, 0.3) is 11.8 Å². The summed E-state index contributed by atoms with van der Waals surface area (Å²) in [7, 11) is 0. The van der Waals surface area contributed by atoms with E-state index in [-0.39, 0.29) is 18.4 Å². The van der Waals surface area contributed by atoms with E-state index in [1.165, 1.54) is 0 Å². The second-order valence-corrected chi connectivity index (χ2v) is 5.00. The third kappa shape index (κ3) is 4.67. The number of para-hydroxylation sites is 1. The fourth-order valence-electron chi connectivity index (χ4n) is 2.09. The Hall–Kier alpha value is -3.15. The van der Waals surface area contributed by atoms with Crippen molar-refractivity contribution in [2.24, 2.45) is 0 Å². The standard InChI is InChI=1S/C18H19N3O3/c1-2-19-16(22)12-20-18(24)14-10-6-7-11-15(14)21-17(23)13-8-4-3-5-9-13/h3-11H,2,12H2,1H3,(H,19,22)(H,20,24)(H,21,23). The Morgan fingerprint density at radius 3 is 2.21 bits per heavy atom. The van der Waals surface area contributed by atoms with Crippen LogP contribution < -0.4 is 16.0 Å². The summed E-state index contributed by atoms with van der Waals surface area (Å²) < 4.78 is 0. The van der Waals surface area contributed by atoms with E-state index >= 15 is 0 Å². The van der Waals surface area contributed by atoms with Crippen molar-refractivity contribution in [2.45, 2.75) is 6.92 Å². The van der Waals surface area contributed by atoms with Gasteiger partial charge in [-0.15, -0.1) is 0 Å². The number of carbonyl (C=O) groups is 3. The molecule has 0 aromatic heterocycles. The molecule has 24 heavy (non-hydrogen) atoms. The maximum Gasteiger partial charge on any atom is 0.255 e. The van der Waals surface area contributed by atoms with E-state index < -0.39 is 5.91 Å². The molecule has 3 amide bonds. The van der Waals surface area contributed by atoms with Crippen molar-refractivity contribution >= 4 is 23.4 Å². The number of hydrogen-bond donors (Lipinski definition) is 3. The van der Waals surface area contributed by atoms with E-state index in [9.17, 15) is 14.4 Å². The van der Waals surface area contributed by atoms with Crippen LogP contribution in [0.4, 0.5) is 5.69 Å². The van der Waals surface area contributed by atoms with Crippen LogP contribution in [-0.4, -0.2) is 30.8 Å². The lowest BCUT2D eigenvalue weighted by Crippen LogP contribution is -2.37. The molecular formula is C18H19N3O3. The van der Waals surface area contributed by atoms with Crippen molar-refractivity contribution in [1.29, 1.82) is 0 Å². The normalized spacial score (nSPS) is 9.88. The van der Waals surface area contributed by atoms with Gasteiger partial charge < -0.3 is 16.0 Å². The van der Waals surface area contributed by atoms with Crippen LogP contribution in [0.15, 0.2) is 54.6 Å². The van der Waals surface area contributed by atoms with Gasteiger partial charge in [0.1, 0.15) is 0 Å². The van der Waals surface area contributed by atoms with Crippen molar-refractivity contribution in [3.63, 3.8) is 0 Å². The second kappa shape index (κ2) is 8.47. The summed E-state index contributed by atoms with van der Waals surface area (Å²) in [5, 5.41) is 7.85. The zero-order chi connectivity index (χ0) is 17.4. The van der Waals surface area contributed by atoms with E-state index in [2.05, 4.69) is 16.0 Å². The van der Waals surface area contributed by atoms with Crippen LogP contribution in [0.1, 0.15) is 27.6 Å². The molecule has 2 aromatic rings. The molecule has 0 fully saturated rings. The Morgan fingerprint density at radius 2 is 1.50 bits per heavy atom. The Balaban J connectivity index is 2.08. The van der Waals surface area contributed by atoms with Crippen LogP contribution in [-0.2, 0) is 4.79 Å². The van der Waals surface area contributed by atoms with E-state index in [4.69, 9.17) is 0 Å². The van der Waals surface area contributed by atoms with Crippen LogP contribution in [0.5, 0.6) is 0 Å². The van der Waals surface area contributed by atoms with E-state index in [1.807, 2.05) is 6.07 Å². The maximum atomic E-state index is 12.2. The van der Waals surface area contributed by atoms with Gasteiger partial charge in [-0.2, -0.15) is 0 Å². The van der Waals surface area contributed by atoms with Crippen molar-refractivity contribution in [2.75, 3.05) is 18.4 Å². The number of nitrogens with one attached hydrogen (secondary N) is 3. The van der Waals surface area contributed by atoms with E-state index in [0.29, 0.717) is 23.4 Å². The largest absolute Gasteiger partial charge is 0.355 e. The predicted molar refractivity (Wildman–Crippen MR) is 91.9 cm³/mol. The summed E-state index contributed by atoms with van der Waals surface area (Å²) in [6.45, 7) is 2.18. The van der Waals surface area contributed by atoms with Gasteiger partial charge in [-0.05, 0) is 31.2 Å². The predicted octanol–water partition coefficient (Wildman–Crippen LogP) is 1.80. The number of amides is 3. The highest BCUT2D eigenvalue weighted by Gasteiger charge is 2.14. The minimum absolute atomic E-state index is 0.117. The summed E-state index contributed by atoms with van der Waals surface area (Å²) >= 11 is 0. The molecule has 2 aromatic carbocycles. The van der Waals surface area contributed by atoms with Crippen LogP contribution >= 0.6 is 0 Å². The van der Waals surface area contributed by atoms with Crippen molar-refractivity contribution < 1.29 is 14.4 Å². The average Bonchev–Trinajstić information content (AvgIpc) is 2.61. The van der Waals surface area contributed by atoms with Gasteiger partial charge in [0.05, 0.1) is 17.8 Å². The Morgan fingerprint density at radius 1 is 0.833 bits per heavy atom.